The SMILES string of the molecule is CC(Nc1nc(C(C)(C)C)ns1)c1noc(-c2ccccc2)n1. The van der Waals surface area contributed by atoms with E-state index >= 15 is 0 Å². The molecule has 3 rings (SSSR count). The average molecular weight is 329 g/mol. The average Bonchev–Trinajstić information content (AvgIpc) is 3.16. The van der Waals surface area contributed by atoms with Gasteiger partial charge in [0.05, 0.1) is 6.04 Å². The number of nitrogens with one attached hydrogen (secondary N) is 1. The van der Waals surface area contributed by atoms with Gasteiger partial charge in [-0.1, -0.05) is 44.1 Å². The van der Waals surface area contributed by atoms with Crippen molar-refractivity contribution in [2.75, 3.05) is 5.32 Å². The summed E-state index contributed by atoms with van der Waals surface area (Å²) in [5.41, 5.74) is 0.844. The Balaban J connectivity index is 1.73. The third kappa shape index (κ3) is 3.56. The Labute approximate surface area is 139 Å². The van der Waals surface area contributed by atoms with Gasteiger partial charge in [-0.25, -0.2) is 4.98 Å². The molecule has 0 fully saturated rings. The molecule has 120 valence electrons. The molecule has 0 saturated heterocycles. The first kappa shape index (κ1) is 15.6. The topological polar surface area (TPSA) is 76.7 Å². The maximum atomic E-state index is 5.34. The van der Waals surface area contributed by atoms with Gasteiger partial charge in [-0.15, -0.1) is 0 Å². The number of rotatable bonds is 4. The van der Waals surface area contributed by atoms with Gasteiger partial charge in [0.25, 0.3) is 5.89 Å². The number of aromatic nitrogens is 4. The maximum absolute atomic E-state index is 5.34. The molecule has 0 aliphatic rings. The molecule has 1 N–H and O–H groups in total. The highest BCUT2D eigenvalue weighted by Crippen LogP contribution is 2.26. The van der Waals surface area contributed by atoms with E-state index < -0.39 is 0 Å². The molecule has 1 unspecified atom stereocenters. The quantitative estimate of drug-likeness (QED) is 0.778. The predicted molar refractivity (Wildman–Crippen MR) is 90.4 cm³/mol. The second-order valence-corrected chi connectivity index (χ2v) is 7.11. The Kier molecular flexibility index (Phi) is 4.12. The van der Waals surface area contributed by atoms with Gasteiger partial charge >= 0.3 is 0 Å². The minimum absolute atomic E-state index is 0.0632. The molecule has 0 amide bonds. The minimum atomic E-state index is -0.114. The Morgan fingerprint density at radius 3 is 2.52 bits per heavy atom. The van der Waals surface area contributed by atoms with Gasteiger partial charge in [-0.3, -0.25) is 0 Å². The molecule has 0 saturated carbocycles. The largest absolute Gasteiger partial charge is 0.350 e. The van der Waals surface area contributed by atoms with Crippen molar-refractivity contribution in [3.05, 3.63) is 42.0 Å². The molecule has 0 aliphatic heterocycles. The normalized spacial score (nSPS) is 13.0. The molecule has 23 heavy (non-hydrogen) atoms. The Morgan fingerprint density at radius 2 is 1.87 bits per heavy atom. The van der Waals surface area contributed by atoms with Crippen LogP contribution in [-0.2, 0) is 5.41 Å². The summed E-state index contributed by atoms with van der Waals surface area (Å²) in [4.78, 5) is 8.97. The van der Waals surface area contributed by atoms with Crippen molar-refractivity contribution in [2.45, 2.75) is 39.2 Å². The summed E-state index contributed by atoms with van der Waals surface area (Å²) in [7, 11) is 0. The van der Waals surface area contributed by atoms with Gasteiger partial charge in [-0.05, 0) is 19.1 Å². The second kappa shape index (κ2) is 6.08. The molecule has 0 spiro atoms. The van der Waals surface area contributed by atoms with E-state index in [1.165, 1.54) is 11.5 Å². The van der Waals surface area contributed by atoms with E-state index in [4.69, 9.17) is 4.52 Å². The fraction of sp³-hybridized carbons (Fsp3) is 0.375. The van der Waals surface area contributed by atoms with Crippen LogP contribution in [0.1, 0.15) is 45.4 Å². The van der Waals surface area contributed by atoms with Gasteiger partial charge in [0.1, 0.15) is 5.82 Å². The molecule has 2 aromatic heterocycles. The number of hydrogen-bond acceptors (Lipinski definition) is 7. The number of benzene rings is 1. The molecular formula is C16H19N5OS. The van der Waals surface area contributed by atoms with Crippen LogP contribution in [-0.4, -0.2) is 19.5 Å². The van der Waals surface area contributed by atoms with Crippen LogP contribution >= 0.6 is 11.5 Å². The lowest BCUT2D eigenvalue weighted by atomic mass is 9.96. The summed E-state index contributed by atoms with van der Waals surface area (Å²) in [5, 5.41) is 8.09. The van der Waals surface area contributed by atoms with E-state index in [0.29, 0.717) is 11.7 Å². The van der Waals surface area contributed by atoms with Gasteiger partial charge in [-0.2, -0.15) is 9.36 Å². The summed E-state index contributed by atoms with van der Waals surface area (Å²) in [5.74, 6) is 1.94. The zero-order chi connectivity index (χ0) is 16.4. The smallest absolute Gasteiger partial charge is 0.257 e. The highest BCUT2D eigenvalue weighted by molar-refractivity contribution is 7.09. The zero-order valence-electron chi connectivity index (χ0n) is 13.6. The van der Waals surface area contributed by atoms with Gasteiger partial charge < -0.3 is 9.84 Å². The molecule has 0 bridgehead atoms. The first-order valence-corrected chi connectivity index (χ1v) is 8.20. The lowest BCUT2D eigenvalue weighted by molar-refractivity contribution is 0.420. The Hall–Kier alpha value is -2.28. The first-order valence-electron chi connectivity index (χ1n) is 7.43. The van der Waals surface area contributed by atoms with Crippen LogP contribution < -0.4 is 5.32 Å². The summed E-state index contributed by atoms with van der Waals surface area (Å²) in [6.07, 6.45) is 0. The summed E-state index contributed by atoms with van der Waals surface area (Å²) in [6.45, 7) is 8.24. The minimum Gasteiger partial charge on any atom is -0.350 e. The van der Waals surface area contributed by atoms with Gasteiger partial charge in [0.15, 0.2) is 5.82 Å². The molecule has 0 radical (unpaired) electrons. The van der Waals surface area contributed by atoms with Crippen molar-refractivity contribution >= 4 is 16.7 Å². The third-order valence-electron chi connectivity index (χ3n) is 3.29. The van der Waals surface area contributed by atoms with Crippen LogP contribution in [0.15, 0.2) is 34.9 Å². The Morgan fingerprint density at radius 1 is 1.13 bits per heavy atom. The molecular weight excluding hydrogens is 310 g/mol. The molecule has 2 heterocycles. The van der Waals surface area contributed by atoms with Crippen molar-refractivity contribution in [3.8, 4) is 11.5 Å². The van der Waals surface area contributed by atoms with E-state index in [1.807, 2.05) is 37.3 Å². The van der Waals surface area contributed by atoms with Gasteiger partial charge in [0, 0.05) is 22.5 Å². The lowest BCUT2D eigenvalue weighted by Crippen LogP contribution is -2.14. The standard InChI is InChI=1S/C16H19N5OS/c1-10(17-15-19-14(21-23-15)16(2,3)4)12-18-13(22-20-12)11-8-6-5-7-9-11/h5-10H,1-4H3,(H,17,19,21). The zero-order valence-corrected chi connectivity index (χ0v) is 14.4. The van der Waals surface area contributed by atoms with E-state index in [2.05, 4.69) is 45.6 Å². The van der Waals surface area contributed by atoms with Crippen LogP contribution in [0.25, 0.3) is 11.5 Å². The van der Waals surface area contributed by atoms with Crippen LogP contribution in [0.5, 0.6) is 0 Å². The Bertz CT molecular complexity index is 775. The number of anilines is 1. The first-order chi connectivity index (χ1) is 10.9. The maximum Gasteiger partial charge on any atom is 0.257 e. The molecule has 7 heteroatoms. The van der Waals surface area contributed by atoms with Crippen molar-refractivity contribution in [2.24, 2.45) is 0 Å². The summed E-state index contributed by atoms with van der Waals surface area (Å²) in [6, 6.07) is 9.60. The van der Waals surface area contributed by atoms with Crippen molar-refractivity contribution in [1.82, 2.24) is 19.5 Å². The molecule has 1 aromatic carbocycles. The summed E-state index contributed by atoms with van der Waals surface area (Å²) >= 11 is 1.34. The van der Waals surface area contributed by atoms with Crippen molar-refractivity contribution in [1.29, 1.82) is 0 Å². The monoisotopic (exact) mass is 329 g/mol. The van der Waals surface area contributed by atoms with Crippen LogP contribution in [0.3, 0.4) is 0 Å². The second-order valence-electron chi connectivity index (χ2n) is 6.36. The molecule has 3 aromatic rings. The molecule has 6 nitrogen and oxygen atoms in total. The van der Waals surface area contributed by atoms with Crippen molar-refractivity contribution < 1.29 is 4.52 Å². The summed E-state index contributed by atoms with van der Waals surface area (Å²) < 4.78 is 9.73. The van der Waals surface area contributed by atoms with E-state index in [0.717, 1.165) is 16.5 Å². The van der Waals surface area contributed by atoms with Crippen LogP contribution in [0.2, 0.25) is 0 Å². The van der Waals surface area contributed by atoms with Gasteiger partial charge in [0.2, 0.25) is 5.13 Å². The van der Waals surface area contributed by atoms with Crippen LogP contribution in [0.4, 0.5) is 5.13 Å². The third-order valence-corrected chi connectivity index (χ3v) is 3.93. The highest BCUT2D eigenvalue weighted by atomic mass is 32.1. The molecule has 0 aliphatic carbocycles. The fourth-order valence-corrected chi connectivity index (χ4v) is 2.79. The van der Waals surface area contributed by atoms with Crippen molar-refractivity contribution in [3.63, 3.8) is 0 Å². The molecule has 1 atom stereocenters. The number of hydrogen-bond donors (Lipinski definition) is 1. The van der Waals surface area contributed by atoms with E-state index in [9.17, 15) is 0 Å². The number of nitrogens with zero attached hydrogens (tertiary/aromatic N) is 4. The lowest BCUT2D eigenvalue weighted by Gasteiger charge is -2.12. The fourth-order valence-electron chi connectivity index (χ4n) is 1.95. The predicted octanol–water partition coefficient (Wildman–Crippen LogP) is 4.06. The van der Waals surface area contributed by atoms with E-state index in [-0.39, 0.29) is 11.5 Å². The van der Waals surface area contributed by atoms with Crippen LogP contribution in [0, 0.1) is 0 Å². The van der Waals surface area contributed by atoms with E-state index in [1.54, 1.807) is 0 Å². The highest BCUT2D eigenvalue weighted by Gasteiger charge is 2.21.